The van der Waals surface area contributed by atoms with Gasteiger partial charge in [0.2, 0.25) is 0 Å². The van der Waals surface area contributed by atoms with Crippen molar-refractivity contribution in [3.8, 4) is 0 Å². The van der Waals surface area contributed by atoms with Crippen LogP contribution in [0.2, 0.25) is 0 Å². The number of benzene rings is 2. The number of carbonyl (C=O) groups excluding carboxylic acids is 2. The number of nitrogens with one attached hydrogen (secondary N) is 2. The molecule has 0 spiro atoms. The van der Waals surface area contributed by atoms with Gasteiger partial charge in [0, 0.05) is 22.4 Å². The van der Waals surface area contributed by atoms with Crippen LogP contribution in [0.3, 0.4) is 0 Å². The Hall–Kier alpha value is -2.94. The highest BCUT2D eigenvalue weighted by Crippen LogP contribution is 2.42. The van der Waals surface area contributed by atoms with Crippen molar-refractivity contribution in [3.05, 3.63) is 64.5 Å². The first-order valence-corrected chi connectivity index (χ1v) is 9.94. The molecule has 1 aliphatic carbocycles. The van der Waals surface area contributed by atoms with Crippen LogP contribution in [0.25, 0.3) is 0 Å². The molecule has 1 heterocycles. The van der Waals surface area contributed by atoms with Crippen LogP contribution in [-0.4, -0.2) is 23.0 Å². The zero-order chi connectivity index (χ0) is 22.3. The SMILES string of the molecule is O=C(Nc1cccc2c1[C@H](C1CCC[C@H](O)C1)NC2=O)c1cc(F)cc(C(F)(F)F)c1. The van der Waals surface area contributed by atoms with Crippen molar-refractivity contribution in [2.24, 2.45) is 5.92 Å². The zero-order valence-corrected chi connectivity index (χ0v) is 16.3. The number of amides is 2. The minimum absolute atomic E-state index is 0.0435. The number of aliphatic hydroxyl groups is 1. The lowest BCUT2D eigenvalue weighted by Gasteiger charge is -2.31. The molecule has 2 amide bonds. The van der Waals surface area contributed by atoms with E-state index < -0.39 is 41.2 Å². The van der Waals surface area contributed by atoms with Gasteiger partial charge in [0.15, 0.2) is 0 Å². The number of rotatable bonds is 3. The van der Waals surface area contributed by atoms with Crippen LogP contribution in [0, 0.1) is 11.7 Å². The zero-order valence-electron chi connectivity index (χ0n) is 16.3. The highest BCUT2D eigenvalue weighted by molar-refractivity contribution is 6.07. The second kappa shape index (κ2) is 7.96. The molecular formula is C22H20F4N2O3. The third-order valence-corrected chi connectivity index (χ3v) is 5.84. The smallest absolute Gasteiger partial charge is 0.393 e. The minimum atomic E-state index is -4.80. The maximum Gasteiger partial charge on any atom is 0.416 e. The van der Waals surface area contributed by atoms with E-state index in [1.165, 1.54) is 0 Å². The summed E-state index contributed by atoms with van der Waals surface area (Å²) in [7, 11) is 0. The molecule has 5 nitrogen and oxygen atoms in total. The van der Waals surface area contributed by atoms with Crippen molar-refractivity contribution in [1.82, 2.24) is 5.32 Å². The summed E-state index contributed by atoms with van der Waals surface area (Å²) in [4.78, 5) is 25.1. The second-order valence-electron chi connectivity index (χ2n) is 7.98. The number of carbonyl (C=O) groups is 2. The molecule has 31 heavy (non-hydrogen) atoms. The van der Waals surface area contributed by atoms with Crippen LogP contribution in [0.4, 0.5) is 23.2 Å². The van der Waals surface area contributed by atoms with Crippen LogP contribution in [0.1, 0.15) is 63.6 Å². The van der Waals surface area contributed by atoms with Crippen molar-refractivity contribution in [2.45, 2.75) is 44.0 Å². The molecule has 3 atom stereocenters. The summed E-state index contributed by atoms with van der Waals surface area (Å²) in [6, 6.07) is 5.90. The molecule has 1 aliphatic heterocycles. The van der Waals surface area contributed by atoms with E-state index in [-0.39, 0.29) is 17.5 Å². The molecule has 4 rings (SSSR count). The summed E-state index contributed by atoms with van der Waals surface area (Å²) in [6.45, 7) is 0. The third kappa shape index (κ3) is 4.27. The van der Waals surface area contributed by atoms with Crippen LogP contribution in [0.15, 0.2) is 36.4 Å². The van der Waals surface area contributed by atoms with E-state index >= 15 is 0 Å². The largest absolute Gasteiger partial charge is 0.416 e. The van der Waals surface area contributed by atoms with E-state index in [2.05, 4.69) is 10.6 Å². The molecule has 2 aromatic carbocycles. The fourth-order valence-electron chi connectivity index (χ4n) is 4.43. The van der Waals surface area contributed by atoms with Crippen LogP contribution < -0.4 is 10.6 Å². The predicted molar refractivity (Wildman–Crippen MR) is 104 cm³/mol. The molecule has 0 aromatic heterocycles. The summed E-state index contributed by atoms with van der Waals surface area (Å²) < 4.78 is 52.7. The van der Waals surface area contributed by atoms with E-state index in [9.17, 15) is 32.3 Å². The molecule has 2 aliphatic rings. The monoisotopic (exact) mass is 436 g/mol. The molecule has 1 unspecified atom stereocenters. The van der Waals surface area contributed by atoms with Gasteiger partial charge in [-0.1, -0.05) is 12.5 Å². The Morgan fingerprint density at radius 3 is 2.65 bits per heavy atom. The Morgan fingerprint density at radius 2 is 1.94 bits per heavy atom. The highest BCUT2D eigenvalue weighted by atomic mass is 19.4. The van der Waals surface area contributed by atoms with E-state index in [0.29, 0.717) is 36.1 Å². The van der Waals surface area contributed by atoms with E-state index in [0.717, 1.165) is 18.9 Å². The number of hydrogen-bond donors (Lipinski definition) is 3. The van der Waals surface area contributed by atoms with Gasteiger partial charge in [-0.05, 0) is 55.5 Å². The number of halogens is 4. The number of alkyl halides is 3. The van der Waals surface area contributed by atoms with Crippen LogP contribution >= 0.6 is 0 Å². The molecular weight excluding hydrogens is 416 g/mol. The number of anilines is 1. The van der Waals surface area contributed by atoms with E-state index in [4.69, 9.17) is 0 Å². The number of fused-ring (bicyclic) bond motifs is 1. The lowest BCUT2D eigenvalue weighted by Crippen LogP contribution is -2.31. The molecule has 164 valence electrons. The molecule has 1 saturated carbocycles. The van der Waals surface area contributed by atoms with E-state index in [1.54, 1.807) is 18.2 Å². The van der Waals surface area contributed by atoms with Crippen molar-refractivity contribution in [3.63, 3.8) is 0 Å². The van der Waals surface area contributed by atoms with Crippen molar-refractivity contribution < 1.29 is 32.3 Å². The van der Waals surface area contributed by atoms with Gasteiger partial charge in [0.25, 0.3) is 11.8 Å². The Kier molecular flexibility index (Phi) is 5.47. The van der Waals surface area contributed by atoms with Gasteiger partial charge in [-0.15, -0.1) is 0 Å². The fourth-order valence-corrected chi connectivity index (χ4v) is 4.43. The maximum absolute atomic E-state index is 13.7. The average molecular weight is 436 g/mol. The topological polar surface area (TPSA) is 78.4 Å². The van der Waals surface area contributed by atoms with Gasteiger partial charge >= 0.3 is 6.18 Å². The Labute approximate surface area is 175 Å². The lowest BCUT2D eigenvalue weighted by atomic mass is 9.80. The van der Waals surface area contributed by atoms with Crippen molar-refractivity contribution in [1.29, 1.82) is 0 Å². The van der Waals surface area contributed by atoms with Crippen molar-refractivity contribution >= 4 is 17.5 Å². The maximum atomic E-state index is 13.7. The normalized spacial score (nSPS) is 23.3. The summed E-state index contributed by atoms with van der Waals surface area (Å²) >= 11 is 0. The van der Waals surface area contributed by atoms with Gasteiger partial charge < -0.3 is 15.7 Å². The van der Waals surface area contributed by atoms with Crippen molar-refractivity contribution in [2.75, 3.05) is 5.32 Å². The van der Waals surface area contributed by atoms with Crippen LogP contribution in [0.5, 0.6) is 0 Å². The minimum Gasteiger partial charge on any atom is -0.393 e. The first-order valence-electron chi connectivity index (χ1n) is 9.94. The predicted octanol–water partition coefficient (Wildman–Crippen LogP) is 4.43. The Bertz CT molecular complexity index is 1040. The van der Waals surface area contributed by atoms with Gasteiger partial charge in [0.1, 0.15) is 5.82 Å². The summed E-state index contributed by atoms with van der Waals surface area (Å²) in [6.07, 6.45) is -2.52. The van der Waals surface area contributed by atoms with Gasteiger partial charge in [-0.3, -0.25) is 9.59 Å². The second-order valence-corrected chi connectivity index (χ2v) is 7.98. The standard InChI is InChI=1S/C22H20F4N2O3/c23-14-8-12(7-13(10-14)22(24,25)26)20(30)27-17-6-2-5-16-18(17)19(28-21(16)31)11-3-1-4-15(29)9-11/h2,5-8,10-11,15,19,29H,1,3-4,9H2,(H,27,30)(H,28,31)/t11?,15-,19-/m0/s1. The quantitative estimate of drug-likeness (QED) is 0.623. The molecule has 3 N–H and O–H groups in total. The van der Waals surface area contributed by atoms with E-state index in [1.807, 2.05) is 0 Å². The Balaban J connectivity index is 1.66. The van der Waals surface area contributed by atoms with Gasteiger partial charge in [0.05, 0.1) is 17.7 Å². The fraction of sp³-hybridized carbons (Fsp3) is 0.364. The molecule has 1 fully saturated rings. The lowest BCUT2D eigenvalue weighted by molar-refractivity contribution is -0.137. The first kappa shape index (κ1) is 21.3. The summed E-state index contributed by atoms with van der Waals surface area (Å²) in [5.41, 5.74) is -0.581. The number of aliphatic hydroxyl groups excluding tert-OH is 1. The summed E-state index contributed by atoms with van der Waals surface area (Å²) in [5.74, 6) is -2.45. The molecule has 0 saturated heterocycles. The molecule has 2 aromatic rings. The van der Waals surface area contributed by atoms with Gasteiger partial charge in [-0.25, -0.2) is 4.39 Å². The first-order chi connectivity index (χ1) is 14.6. The highest BCUT2D eigenvalue weighted by Gasteiger charge is 2.38. The average Bonchev–Trinajstić information content (AvgIpc) is 3.05. The molecule has 0 bridgehead atoms. The van der Waals surface area contributed by atoms with Crippen LogP contribution in [-0.2, 0) is 6.18 Å². The molecule has 0 radical (unpaired) electrons. The van der Waals surface area contributed by atoms with Gasteiger partial charge in [-0.2, -0.15) is 13.2 Å². The summed E-state index contributed by atoms with van der Waals surface area (Å²) in [5, 5.41) is 15.5. The molecule has 9 heteroatoms. The number of hydrogen-bond acceptors (Lipinski definition) is 3. The Morgan fingerprint density at radius 1 is 1.16 bits per heavy atom. The third-order valence-electron chi connectivity index (χ3n) is 5.84.